The Balaban J connectivity index is 4.05. The first-order valence-electron chi connectivity index (χ1n) is 3.85. The highest BCUT2D eigenvalue weighted by Crippen LogP contribution is 2.08. The molecule has 0 rings (SSSR count). The van der Waals surface area contributed by atoms with Crippen LogP contribution in [0.4, 0.5) is 0 Å². The number of rotatable bonds is 2. The van der Waals surface area contributed by atoms with Gasteiger partial charge in [0.15, 0.2) is 0 Å². The van der Waals surface area contributed by atoms with E-state index in [1.165, 1.54) is 11.1 Å². The molecule has 0 saturated heterocycles. The Kier molecular flexibility index (Phi) is 4.10. The molecule has 0 atom stereocenters. The van der Waals surface area contributed by atoms with Crippen LogP contribution < -0.4 is 0 Å². The van der Waals surface area contributed by atoms with Crippen LogP contribution in [0, 0.1) is 5.92 Å². The van der Waals surface area contributed by atoms with E-state index in [1.54, 1.807) is 0 Å². The molecular weight excluding hydrogens is 120 g/mol. The second-order valence-corrected chi connectivity index (χ2v) is 3.31. The summed E-state index contributed by atoms with van der Waals surface area (Å²) in [5.74, 6) is 0.676. The topological polar surface area (TPSA) is 0 Å². The summed E-state index contributed by atoms with van der Waals surface area (Å²) in [5, 5.41) is 0. The van der Waals surface area contributed by atoms with Crippen LogP contribution in [0.15, 0.2) is 23.3 Å². The van der Waals surface area contributed by atoms with Crippen LogP contribution in [0.1, 0.15) is 34.6 Å². The third-order valence-corrected chi connectivity index (χ3v) is 1.59. The van der Waals surface area contributed by atoms with Gasteiger partial charge in [-0.1, -0.05) is 37.1 Å². The van der Waals surface area contributed by atoms with E-state index in [4.69, 9.17) is 0 Å². The van der Waals surface area contributed by atoms with Gasteiger partial charge >= 0.3 is 0 Å². The van der Waals surface area contributed by atoms with Crippen molar-refractivity contribution in [2.45, 2.75) is 34.6 Å². The van der Waals surface area contributed by atoms with E-state index in [0.29, 0.717) is 5.92 Å². The van der Waals surface area contributed by atoms with Gasteiger partial charge in [0.2, 0.25) is 0 Å². The average Bonchev–Trinajstić information content (AvgIpc) is 1.82. The summed E-state index contributed by atoms with van der Waals surface area (Å²) in [5.41, 5.74) is 2.81. The first-order valence-corrected chi connectivity index (χ1v) is 3.85. The van der Waals surface area contributed by atoms with Gasteiger partial charge in [-0.2, -0.15) is 0 Å². The molecule has 0 heterocycles. The zero-order valence-corrected chi connectivity index (χ0v) is 7.73. The second kappa shape index (κ2) is 4.32. The van der Waals surface area contributed by atoms with Gasteiger partial charge < -0.3 is 0 Å². The molecule has 0 bridgehead atoms. The molecule has 0 N–H and O–H groups in total. The smallest absolute Gasteiger partial charge is 0.0260 e. The average molecular weight is 138 g/mol. The van der Waals surface area contributed by atoms with Crippen LogP contribution in [0.5, 0.6) is 0 Å². The maximum absolute atomic E-state index is 2.21. The third kappa shape index (κ3) is 4.37. The summed E-state index contributed by atoms with van der Waals surface area (Å²) < 4.78 is 0. The number of allylic oxidation sites excluding steroid dienone is 4. The fraction of sp³-hybridized carbons (Fsp3) is 0.600. The predicted octanol–water partition coefficient (Wildman–Crippen LogP) is 3.55. The van der Waals surface area contributed by atoms with Crippen molar-refractivity contribution in [1.82, 2.24) is 0 Å². The van der Waals surface area contributed by atoms with Gasteiger partial charge in [-0.05, 0) is 26.7 Å². The Morgan fingerprint density at radius 2 is 1.50 bits per heavy atom. The zero-order chi connectivity index (χ0) is 8.15. The Morgan fingerprint density at radius 3 is 1.80 bits per heavy atom. The van der Waals surface area contributed by atoms with E-state index < -0.39 is 0 Å². The maximum atomic E-state index is 2.21. The lowest BCUT2D eigenvalue weighted by Crippen LogP contribution is -1.86. The highest BCUT2D eigenvalue weighted by molar-refractivity contribution is 5.15. The van der Waals surface area contributed by atoms with Crippen LogP contribution in [0.2, 0.25) is 0 Å². The minimum absolute atomic E-state index is 0.676. The Hall–Kier alpha value is -0.520. The molecule has 0 spiro atoms. The summed E-state index contributed by atoms with van der Waals surface area (Å²) in [6.07, 6.45) is 4.36. The lowest BCUT2D eigenvalue weighted by atomic mass is 10.0. The Labute approximate surface area is 64.6 Å². The maximum Gasteiger partial charge on any atom is -0.0260 e. The van der Waals surface area contributed by atoms with Crippen LogP contribution in [-0.4, -0.2) is 0 Å². The van der Waals surface area contributed by atoms with Crippen molar-refractivity contribution >= 4 is 0 Å². The largest absolute Gasteiger partial charge is 0.0764 e. The summed E-state index contributed by atoms with van der Waals surface area (Å²) in [4.78, 5) is 0. The SMILES string of the molecule is CC(C)=C/C=C(/C)C(C)C. The fourth-order valence-electron chi connectivity index (χ4n) is 0.491. The highest BCUT2D eigenvalue weighted by atomic mass is 14.0. The molecule has 0 nitrogen and oxygen atoms in total. The first kappa shape index (κ1) is 9.48. The van der Waals surface area contributed by atoms with Crippen molar-refractivity contribution in [3.05, 3.63) is 23.3 Å². The minimum Gasteiger partial charge on any atom is -0.0764 e. The molecule has 10 heavy (non-hydrogen) atoms. The van der Waals surface area contributed by atoms with Crippen molar-refractivity contribution in [3.63, 3.8) is 0 Å². The van der Waals surface area contributed by atoms with Crippen LogP contribution in [-0.2, 0) is 0 Å². The van der Waals surface area contributed by atoms with Crippen molar-refractivity contribution in [2.75, 3.05) is 0 Å². The molecular formula is C10H18. The van der Waals surface area contributed by atoms with Gasteiger partial charge in [0.1, 0.15) is 0 Å². The minimum atomic E-state index is 0.676. The van der Waals surface area contributed by atoms with Gasteiger partial charge in [0.25, 0.3) is 0 Å². The molecule has 0 heteroatoms. The van der Waals surface area contributed by atoms with E-state index in [2.05, 4.69) is 46.8 Å². The molecule has 0 aromatic carbocycles. The lowest BCUT2D eigenvalue weighted by molar-refractivity contribution is 0.769. The monoisotopic (exact) mass is 138 g/mol. The van der Waals surface area contributed by atoms with Gasteiger partial charge in [-0.25, -0.2) is 0 Å². The molecule has 0 saturated carbocycles. The van der Waals surface area contributed by atoms with Crippen molar-refractivity contribution in [3.8, 4) is 0 Å². The lowest BCUT2D eigenvalue weighted by Gasteiger charge is -2.01. The molecule has 0 aromatic heterocycles. The van der Waals surface area contributed by atoms with E-state index in [1.807, 2.05) is 0 Å². The van der Waals surface area contributed by atoms with E-state index >= 15 is 0 Å². The molecule has 0 aliphatic heterocycles. The standard InChI is InChI=1S/C10H18/c1-8(2)6-7-10(5)9(3)4/h6-7,9H,1-5H3/b10-7-. The third-order valence-electron chi connectivity index (χ3n) is 1.59. The molecule has 0 aliphatic carbocycles. The summed E-state index contributed by atoms with van der Waals surface area (Å²) >= 11 is 0. The zero-order valence-electron chi connectivity index (χ0n) is 7.73. The van der Waals surface area contributed by atoms with Crippen molar-refractivity contribution in [2.24, 2.45) is 5.92 Å². The quantitative estimate of drug-likeness (QED) is 0.512. The molecule has 0 radical (unpaired) electrons. The molecule has 0 aromatic rings. The van der Waals surface area contributed by atoms with Crippen molar-refractivity contribution in [1.29, 1.82) is 0 Å². The molecule has 0 fully saturated rings. The van der Waals surface area contributed by atoms with E-state index in [0.717, 1.165) is 0 Å². The predicted molar refractivity (Wildman–Crippen MR) is 48.0 cm³/mol. The fourth-order valence-corrected chi connectivity index (χ4v) is 0.491. The molecule has 58 valence electrons. The molecule has 0 amide bonds. The van der Waals surface area contributed by atoms with Gasteiger partial charge in [0.05, 0.1) is 0 Å². The van der Waals surface area contributed by atoms with Crippen LogP contribution in [0.3, 0.4) is 0 Å². The second-order valence-electron chi connectivity index (χ2n) is 3.31. The first-order chi connectivity index (χ1) is 4.54. The van der Waals surface area contributed by atoms with E-state index in [9.17, 15) is 0 Å². The van der Waals surface area contributed by atoms with E-state index in [-0.39, 0.29) is 0 Å². The number of hydrogen-bond acceptors (Lipinski definition) is 0. The summed E-state index contributed by atoms with van der Waals surface area (Å²) in [6, 6.07) is 0. The van der Waals surface area contributed by atoms with Crippen molar-refractivity contribution < 1.29 is 0 Å². The molecule has 0 aliphatic rings. The summed E-state index contributed by atoms with van der Waals surface area (Å²) in [6.45, 7) is 10.8. The molecule has 0 unspecified atom stereocenters. The van der Waals surface area contributed by atoms with Gasteiger partial charge in [-0.3, -0.25) is 0 Å². The van der Waals surface area contributed by atoms with Gasteiger partial charge in [0, 0.05) is 0 Å². The van der Waals surface area contributed by atoms with Gasteiger partial charge in [-0.15, -0.1) is 0 Å². The van der Waals surface area contributed by atoms with Crippen LogP contribution in [0.25, 0.3) is 0 Å². The highest BCUT2D eigenvalue weighted by Gasteiger charge is 1.92. The summed E-state index contributed by atoms with van der Waals surface area (Å²) in [7, 11) is 0. The number of hydrogen-bond donors (Lipinski definition) is 0. The Morgan fingerprint density at radius 1 is 1.00 bits per heavy atom. The van der Waals surface area contributed by atoms with Crippen LogP contribution >= 0.6 is 0 Å². The Bertz CT molecular complexity index is 143. The normalized spacial score (nSPS) is 12.0.